The van der Waals surface area contributed by atoms with Crippen LogP contribution in [0.3, 0.4) is 0 Å². The second kappa shape index (κ2) is 12.9. The van der Waals surface area contributed by atoms with Crippen molar-refractivity contribution in [2.45, 2.75) is 19.3 Å². The Morgan fingerprint density at radius 3 is 2.50 bits per heavy atom. The SMILES string of the molecule is COc1ccc(Cc2cnc(C(=O)Nc3ccc(C(=O)N4CCN(C(=O)CCCN)CC4)c(Cl)c3)[nH]2)c(F)c1F. The van der Waals surface area contributed by atoms with E-state index in [2.05, 4.69) is 15.3 Å². The highest BCUT2D eigenvalue weighted by atomic mass is 35.5. The molecule has 2 heterocycles. The number of aromatic amines is 1. The van der Waals surface area contributed by atoms with Gasteiger partial charge in [0.05, 0.1) is 17.7 Å². The average Bonchev–Trinajstić information content (AvgIpc) is 3.43. The molecule has 40 heavy (non-hydrogen) atoms. The first-order chi connectivity index (χ1) is 19.2. The molecule has 0 saturated carbocycles. The Kier molecular flexibility index (Phi) is 9.33. The number of nitrogens with zero attached hydrogens (tertiary/aromatic N) is 3. The van der Waals surface area contributed by atoms with Crippen molar-refractivity contribution in [3.05, 3.63) is 75.8 Å². The van der Waals surface area contributed by atoms with Gasteiger partial charge in [0.1, 0.15) is 0 Å². The van der Waals surface area contributed by atoms with Crippen molar-refractivity contribution >= 4 is 35.0 Å². The van der Waals surface area contributed by atoms with Crippen molar-refractivity contribution in [2.24, 2.45) is 5.73 Å². The van der Waals surface area contributed by atoms with Gasteiger partial charge in [0.25, 0.3) is 11.8 Å². The third-order valence-electron chi connectivity index (χ3n) is 6.54. The number of nitrogens with two attached hydrogens (primary N) is 1. The second-order valence-electron chi connectivity index (χ2n) is 9.20. The smallest absolute Gasteiger partial charge is 0.291 e. The topological polar surface area (TPSA) is 134 Å². The molecule has 0 radical (unpaired) electrons. The number of hydrogen-bond acceptors (Lipinski definition) is 6. The first-order valence-corrected chi connectivity index (χ1v) is 13.0. The molecule has 0 unspecified atom stereocenters. The fourth-order valence-corrected chi connectivity index (χ4v) is 4.59. The van der Waals surface area contributed by atoms with Crippen molar-refractivity contribution in [1.82, 2.24) is 19.8 Å². The highest BCUT2D eigenvalue weighted by Gasteiger charge is 2.26. The van der Waals surface area contributed by atoms with Gasteiger partial charge in [-0.1, -0.05) is 17.7 Å². The molecule has 1 saturated heterocycles. The Hall–Kier alpha value is -4.03. The number of benzene rings is 2. The Balaban J connectivity index is 1.35. The Bertz CT molecular complexity index is 1410. The van der Waals surface area contributed by atoms with Gasteiger partial charge in [-0.3, -0.25) is 14.4 Å². The molecule has 4 rings (SSSR count). The van der Waals surface area contributed by atoms with E-state index in [1.165, 1.54) is 37.6 Å². The van der Waals surface area contributed by atoms with Gasteiger partial charge in [0.15, 0.2) is 17.4 Å². The summed E-state index contributed by atoms with van der Waals surface area (Å²) in [6, 6.07) is 7.24. The number of carbonyl (C=O) groups excluding carboxylic acids is 3. The number of anilines is 1. The van der Waals surface area contributed by atoms with Crippen LogP contribution in [0.15, 0.2) is 36.5 Å². The van der Waals surface area contributed by atoms with E-state index < -0.39 is 17.5 Å². The summed E-state index contributed by atoms with van der Waals surface area (Å²) in [6.07, 6.45) is 2.36. The third-order valence-corrected chi connectivity index (χ3v) is 6.86. The summed E-state index contributed by atoms with van der Waals surface area (Å²) in [4.78, 5) is 48.1. The zero-order valence-corrected chi connectivity index (χ0v) is 22.6. The molecule has 0 aliphatic carbocycles. The molecule has 212 valence electrons. The lowest BCUT2D eigenvalue weighted by atomic mass is 10.1. The van der Waals surface area contributed by atoms with Gasteiger partial charge >= 0.3 is 0 Å². The number of imidazole rings is 1. The number of H-pyrrole nitrogens is 1. The monoisotopic (exact) mass is 574 g/mol. The summed E-state index contributed by atoms with van der Waals surface area (Å²) in [5, 5.41) is 2.80. The molecule has 0 bridgehead atoms. The van der Waals surface area contributed by atoms with Gasteiger partial charge in [-0.2, -0.15) is 4.39 Å². The predicted octanol–water partition coefficient (Wildman–Crippen LogP) is 3.22. The molecule has 13 heteroatoms. The maximum absolute atomic E-state index is 14.3. The fraction of sp³-hybridized carbons (Fsp3) is 0.333. The van der Waals surface area contributed by atoms with E-state index in [0.717, 1.165) is 0 Å². The van der Waals surface area contributed by atoms with E-state index in [4.69, 9.17) is 22.1 Å². The Labute approximate surface area is 234 Å². The molecule has 3 amide bonds. The molecule has 1 fully saturated rings. The van der Waals surface area contributed by atoms with Crippen LogP contribution in [-0.2, 0) is 11.2 Å². The number of rotatable bonds is 9. The maximum atomic E-state index is 14.3. The molecule has 10 nitrogen and oxygen atoms in total. The lowest BCUT2D eigenvalue weighted by Gasteiger charge is -2.35. The Morgan fingerprint density at radius 1 is 1.10 bits per heavy atom. The summed E-state index contributed by atoms with van der Waals surface area (Å²) in [5.74, 6) is -3.20. The summed E-state index contributed by atoms with van der Waals surface area (Å²) in [6.45, 7) is 2.10. The predicted molar refractivity (Wildman–Crippen MR) is 144 cm³/mol. The quantitative estimate of drug-likeness (QED) is 0.359. The molecule has 1 aliphatic heterocycles. The van der Waals surface area contributed by atoms with E-state index in [1.54, 1.807) is 15.9 Å². The molecular weight excluding hydrogens is 546 g/mol. The number of halogens is 3. The van der Waals surface area contributed by atoms with Crippen LogP contribution < -0.4 is 15.8 Å². The first-order valence-electron chi connectivity index (χ1n) is 12.6. The highest BCUT2D eigenvalue weighted by molar-refractivity contribution is 6.34. The number of amides is 3. The summed E-state index contributed by atoms with van der Waals surface area (Å²) >= 11 is 6.38. The minimum absolute atomic E-state index is 0.0220. The van der Waals surface area contributed by atoms with Crippen LogP contribution >= 0.6 is 11.6 Å². The number of nitrogens with one attached hydrogen (secondary N) is 2. The van der Waals surface area contributed by atoms with Gasteiger partial charge < -0.3 is 30.6 Å². The van der Waals surface area contributed by atoms with E-state index in [-0.39, 0.29) is 46.0 Å². The number of hydrogen-bond donors (Lipinski definition) is 3. The highest BCUT2D eigenvalue weighted by Crippen LogP contribution is 2.25. The lowest BCUT2D eigenvalue weighted by molar-refractivity contribution is -0.132. The van der Waals surface area contributed by atoms with Gasteiger partial charge in [-0.15, -0.1) is 0 Å². The molecule has 3 aromatic rings. The van der Waals surface area contributed by atoms with Crippen molar-refractivity contribution in [3.63, 3.8) is 0 Å². The Morgan fingerprint density at radius 2 is 1.82 bits per heavy atom. The summed E-state index contributed by atoms with van der Waals surface area (Å²) < 4.78 is 33.1. The minimum Gasteiger partial charge on any atom is -0.494 e. The van der Waals surface area contributed by atoms with Crippen LogP contribution in [0.2, 0.25) is 5.02 Å². The normalized spacial score (nSPS) is 13.3. The molecule has 4 N–H and O–H groups in total. The standard InChI is InChI=1S/C27H29ClF2N6O4/c1-40-21-7-4-16(23(29)24(21)30)13-18-15-32-25(33-18)26(38)34-17-5-6-19(20(28)14-17)27(39)36-11-9-35(10-12-36)22(37)3-2-8-31/h4-7,14-15H,2-3,8-13,31H2,1H3,(H,32,33)(H,34,38). The number of carbonyl (C=O) groups is 3. The first kappa shape index (κ1) is 29.0. The van der Waals surface area contributed by atoms with Crippen LogP contribution in [0.1, 0.15) is 45.1 Å². The molecule has 1 aliphatic rings. The van der Waals surface area contributed by atoms with Crippen LogP contribution in [0.5, 0.6) is 5.75 Å². The lowest BCUT2D eigenvalue weighted by Crippen LogP contribution is -2.50. The minimum atomic E-state index is -1.09. The van der Waals surface area contributed by atoms with Crippen LogP contribution in [0, 0.1) is 11.6 Å². The molecule has 1 aromatic heterocycles. The number of ether oxygens (including phenoxy) is 1. The molecular formula is C27H29ClF2N6O4. The molecule has 0 spiro atoms. The number of aromatic nitrogens is 2. The van der Waals surface area contributed by atoms with Gasteiger partial charge in [0, 0.05) is 56.6 Å². The summed E-state index contributed by atoms with van der Waals surface area (Å²) in [7, 11) is 1.24. The second-order valence-corrected chi connectivity index (χ2v) is 9.61. The van der Waals surface area contributed by atoms with E-state index >= 15 is 0 Å². The van der Waals surface area contributed by atoms with Crippen molar-refractivity contribution in [3.8, 4) is 5.75 Å². The van der Waals surface area contributed by atoms with Crippen LogP contribution in [0.25, 0.3) is 0 Å². The molecule has 2 aromatic carbocycles. The van der Waals surface area contributed by atoms with Crippen molar-refractivity contribution < 1.29 is 27.9 Å². The van der Waals surface area contributed by atoms with E-state index in [9.17, 15) is 23.2 Å². The van der Waals surface area contributed by atoms with Crippen LogP contribution in [0.4, 0.5) is 14.5 Å². The van der Waals surface area contributed by atoms with E-state index in [0.29, 0.717) is 56.9 Å². The fourth-order valence-electron chi connectivity index (χ4n) is 4.33. The zero-order valence-electron chi connectivity index (χ0n) is 21.8. The number of methoxy groups -OCH3 is 1. The van der Waals surface area contributed by atoms with E-state index in [1.807, 2.05) is 0 Å². The van der Waals surface area contributed by atoms with Gasteiger partial charge in [0.2, 0.25) is 11.7 Å². The van der Waals surface area contributed by atoms with Crippen molar-refractivity contribution in [1.29, 1.82) is 0 Å². The summed E-state index contributed by atoms with van der Waals surface area (Å²) in [5.41, 5.74) is 6.55. The van der Waals surface area contributed by atoms with Gasteiger partial charge in [-0.05, 0) is 42.8 Å². The molecule has 0 atom stereocenters. The maximum Gasteiger partial charge on any atom is 0.291 e. The zero-order chi connectivity index (χ0) is 28.8. The number of piperazine rings is 1. The van der Waals surface area contributed by atoms with Crippen LogP contribution in [-0.4, -0.2) is 77.3 Å². The van der Waals surface area contributed by atoms with Crippen molar-refractivity contribution in [2.75, 3.05) is 45.2 Å². The third kappa shape index (κ3) is 6.57. The largest absolute Gasteiger partial charge is 0.494 e. The average molecular weight is 575 g/mol. The van der Waals surface area contributed by atoms with Gasteiger partial charge in [-0.25, -0.2) is 9.37 Å².